The predicted octanol–water partition coefficient (Wildman–Crippen LogP) is 4.23. The van der Waals surface area contributed by atoms with Crippen molar-refractivity contribution in [1.82, 2.24) is 4.98 Å². The van der Waals surface area contributed by atoms with Crippen LogP contribution in [0.25, 0.3) is 0 Å². The van der Waals surface area contributed by atoms with Crippen molar-refractivity contribution in [3.05, 3.63) is 28.6 Å². The number of ether oxygens (including phenoxy) is 2. The van der Waals surface area contributed by atoms with Crippen molar-refractivity contribution in [2.24, 2.45) is 5.92 Å². The fourth-order valence-corrected chi connectivity index (χ4v) is 4.37. The second-order valence-electron chi connectivity index (χ2n) is 9.35. The number of carbonyl (C=O) groups is 2. The van der Waals surface area contributed by atoms with Crippen LogP contribution >= 0.6 is 0 Å². The summed E-state index contributed by atoms with van der Waals surface area (Å²) in [6.45, 7) is 9.67. The minimum atomic E-state index is -0.528. The number of esters is 1. The first-order valence-corrected chi connectivity index (χ1v) is 10.6. The Labute approximate surface area is 168 Å². The van der Waals surface area contributed by atoms with Crippen LogP contribution in [0.3, 0.4) is 0 Å². The van der Waals surface area contributed by atoms with E-state index in [-0.39, 0.29) is 36.3 Å². The molecular formula is C23H33NO4. The standard InChI is InChI=1S/C23H33NO4/c1-14-9-10-17(11-15(2)27-14)22(26)21-19-8-6-7-16(19)12-18(24-21)13-20(25)28-23(3,4)5/h12,14-15,17H,6-11,13H2,1-5H3/t14-,15+,17?/m0/s1. The Hall–Kier alpha value is -1.75. The highest BCUT2D eigenvalue weighted by Gasteiger charge is 2.31. The van der Waals surface area contributed by atoms with Gasteiger partial charge in [-0.3, -0.25) is 9.59 Å². The number of nitrogens with zero attached hydrogens (tertiary/aromatic N) is 1. The van der Waals surface area contributed by atoms with Crippen LogP contribution in [0.4, 0.5) is 0 Å². The zero-order valence-electron chi connectivity index (χ0n) is 17.8. The van der Waals surface area contributed by atoms with E-state index in [4.69, 9.17) is 9.47 Å². The molecule has 0 spiro atoms. The first-order chi connectivity index (χ1) is 13.1. The first-order valence-electron chi connectivity index (χ1n) is 10.6. The topological polar surface area (TPSA) is 65.5 Å². The lowest BCUT2D eigenvalue weighted by atomic mass is 9.88. The van der Waals surface area contributed by atoms with Crippen LogP contribution in [0.2, 0.25) is 0 Å². The number of ketones is 1. The molecule has 2 heterocycles. The molecule has 28 heavy (non-hydrogen) atoms. The lowest BCUT2D eigenvalue weighted by Gasteiger charge is -2.20. The maximum atomic E-state index is 13.4. The lowest BCUT2D eigenvalue weighted by Crippen LogP contribution is -2.26. The van der Waals surface area contributed by atoms with Crippen molar-refractivity contribution in [3.8, 4) is 0 Å². The Morgan fingerprint density at radius 2 is 1.93 bits per heavy atom. The summed E-state index contributed by atoms with van der Waals surface area (Å²) in [4.78, 5) is 30.3. The maximum absolute atomic E-state index is 13.4. The van der Waals surface area contributed by atoms with Crippen molar-refractivity contribution in [2.45, 2.75) is 97.4 Å². The van der Waals surface area contributed by atoms with Gasteiger partial charge < -0.3 is 9.47 Å². The molecule has 3 atom stereocenters. The molecule has 3 rings (SSSR count). The summed E-state index contributed by atoms with van der Waals surface area (Å²) in [6, 6.07) is 1.99. The van der Waals surface area contributed by atoms with Gasteiger partial charge in [-0.05, 0) is 90.3 Å². The minimum Gasteiger partial charge on any atom is -0.460 e. The van der Waals surface area contributed by atoms with E-state index in [0.717, 1.165) is 44.1 Å². The Bertz CT molecular complexity index is 750. The van der Waals surface area contributed by atoms with Crippen molar-refractivity contribution < 1.29 is 19.1 Å². The number of hydrogen-bond acceptors (Lipinski definition) is 5. The van der Waals surface area contributed by atoms with Gasteiger partial charge in [0.2, 0.25) is 0 Å². The quantitative estimate of drug-likeness (QED) is 0.571. The van der Waals surface area contributed by atoms with E-state index < -0.39 is 5.60 Å². The van der Waals surface area contributed by atoms with E-state index in [0.29, 0.717) is 11.4 Å². The summed E-state index contributed by atoms with van der Waals surface area (Å²) >= 11 is 0. The normalized spacial score (nSPS) is 25.1. The number of Topliss-reactive ketones (excluding diaryl/α,β-unsaturated/α-hetero) is 1. The van der Waals surface area contributed by atoms with Crippen LogP contribution in [-0.4, -0.2) is 34.5 Å². The molecule has 5 nitrogen and oxygen atoms in total. The predicted molar refractivity (Wildman–Crippen MR) is 107 cm³/mol. The van der Waals surface area contributed by atoms with Crippen LogP contribution in [0, 0.1) is 5.92 Å². The Balaban J connectivity index is 1.85. The smallest absolute Gasteiger partial charge is 0.312 e. The molecule has 1 aromatic rings. The fourth-order valence-electron chi connectivity index (χ4n) is 4.37. The highest BCUT2D eigenvalue weighted by atomic mass is 16.6. The molecule has 1 aromatic heterocycles. The fraction of sp³-hybridized carbons (Fsp3) is 0.696. The van der Waals surface area contributed by atoms with Crippen molar-refractivity contribution in [1.29, 1.82) is 0 Å². The molecule has 0 bridgehead atoms. The highest BCUT2D eigenvalue weighted by Crippen LogP contribution is 2.31. The van der Waals surface area contributed by atoms with Gasteiger partial charge in [0.25, 0.3) is 0 Å². The molecule has 0 radical (unpaired) electrons. The monoisotopic (exact) mass is 387 g/mol. The van der Waals surface area contributed by atoms with Crippen LogP contribution in [0.5, 0.6) is 0 Å². The largest absolute Gasteiger partial charge is 0.460 e. The van der Waals surface area contributed by atoms with Gasteiger partial charge in [-0.25, -0.2) is 4.98 Å². The average Bonchev–Trinajstić information content (AvgIpc) is 2.96. The Kier molecular flexibility index (Phi) is 6.23. The van der Waals surface area contributed by atoms with Gasteiger partial charge in [-0.15, -0.1) is 0 Å². The van der Waals surface area contributed by atoms with E-state index in [1.54, 1.807) is 0 Å². The average molecular weight is 388 g/mol. The van der Waals surface area contributed by atoms with Gasteiger partial charge >= 0.3 is 5.97 Å². The van der Waals surface area contributed by atoms with Crippen LogP contribution in [0.1, 0.15) is 87.6 Å². The third kappa shape index (κ3) is 5.19. The zero-order valence-corrected chi connectivity index (χ0v) is 17.8. The first kappa shape index (κ1) is 21.0. The molecule has 1 unspecified atom stereocenters. The lowest BCUT2D eigenvalue weighted by molar-refractivity contribution is -0.154. The molecule has 0 aromatic carbocycles. The SMILES string of the molecule is C[C@@H]1CC(C(=O)c2nc(CC(=O)OC(C)(C)C)cc3c2CCC3)CC[C@H](C)O1. The van der Waals surface area contributed by atoms with E-state index >= 15 is 0 Å². The summed E-state index contributed by atoms with van der Waals surface area (Å²) in [5.41, 5.74) is 2.96. The molecule has 0 saturated carbocycles. The highest BCUT2D eigenvalue weighted by molar-refractivity contribution is 5.98. The van der Waals surface area contributed by atoms with Gasteiger partial charge in [0.05, 0.1) is 24.3 Å². The van der Waals surface area contributed by atoms with Gasteiger partial charge in [0.1, 0.15) is 11.3 Å². The second-order valence-corrected chi connectivity index (χ2v) is 9.35. The van der Waals surface area contributed by atoms with Crippen LogP contribution < -0.4 is 0 Å². The molecule has 2 aliphatic rings. The Morgan fingerprint density at radius 3 is 2.64 bits per heavy atom. The van der Waals surface area contributed by atoms with E-state index in [1.807, 2.05) is 33.8 Å². The van der Waals surface area contributed by atoms with E-state index in [2.05, 4.69) is 11.9 Å². The van der Waals surface area contributed by atoms with Gasteiger partial charge in [-0.1, -0.05) is 0 Å². The van der Waals surface area contributed by atoms with Crippen LogP contribution in [-0.2, 0) is 33.5 Å². The second kappa shape index (κ2) is 8.32. The molecule has 154 valence electrons. The minimum absolute atomic E-state index is 0.0612. The van der Waals surface area contributed by atoms with Crippen molar-refractivity contribution >= 4 is 11.8 Å². The molecule has 1 aliphatic heterocycles. The summed E-state index contributed by atoms with van der Waals surface area (Å²) in [5.74, 6) is -0.246. The molecule has 1 saturated heterocycles. The van der Waals surface area contributed by atoms with Crippen LogP contribution in [0.15, 0.2) is 6.07 Å². The van der Waals surface area contributed by atoms with Gasteiger partial charge in [0.15, 0.2) is 5.78 Å². The summed E-state index contributed by atoms with van der Waals surface area (Å²) in [6.07, 6.45) is 5.69. The Morgan fingerprint density at radius 1 is 1.18 bits per heavy atom. The number of aromatic nitrogens is 1. The van der Waals surface area contributed by atoms with Gasteiger partial charge in [-0.2, -0.15) is 0 Å². The van der Waals surface area contributed by atoms with Crippen molar-refractivity contribution in [2.75, 3.05) is 0 Å². The molecule has 1 aliphatic carbocycles. The number of rotatable bonds is 4. The number of aryl methyl sites for hydroxylation is 1. The molecule has 0 amide bonds. The number of fused-ring (bicyclic) bond motifs is 1. The summed E-state index contributed by atoms with van der Waals surface area (Å²) in [7, 11) is 0. The molecular weight excluding hydrogens is 354 g/mol. The number of hydrogen-bond donors (Lipinski definition) is 0. The third-order valence-electron chi connectivity index (χ3n) is 5.49. The maximum Gasteiger partial charge on any atom is 0.312 e. The zero-order chi connectivity index (χ0) is 20.5. The number of pyridine rings is 1. The number of carbonyl (C=O) groups excluding carboxylic acids is 2. The summed E-state index contributed by atoms with van der Waals surface area (Å²) < 4.78 is 11.3. The third-order valence-corrected chi connectivity index (χ3v) is 5.49. The van der Waals surface area contributed by atoms with Crippen molar-refractivity contribution in [3.63, 3.8) is 0 Å². The molecule has 5 heteroatoms. The molecule has 1 fully saturated rings. The van der Waals surface area contributed by atoms with E-state index in [9.17, 15) is 9.59 Å². The summed E-state index contributed by atoms with van der Waals surface area (Å²) in [5, 5.41) is 0. The van der Waals surface area contributed by atoms with E-state index in [1.165, 1.54) is 5.56 Å². The van der Waals surface area contributed by atoms with Gasteiger partial charge in [0, 0.05) is 5.92 Å². The molecule has 0 N–H and O–H groups in total.